The molecule has 0 saturated carbocycles. The van der Waals surface area contributed by atoms with Crippen LogP contribution in [0.1, 0.15) is 0 Å². The van der Waals surface area contributed by atoms with E-state index in [1.54, 1.807) is 19.5 Å². The van der Waals surface area contributed by atoms with Crippen LogP contribution < -0.4 is 15.8 Å². The van der Waals surface area contributed by atoms with Crippen molar-refractivity contribution in [3.63, 3.8) is 0 Å². The molecule has 1 aromatic carbocycles. The quantitative estimate of drug-likeness (QED) is 0.912. The van der Waals surface area contributed by atoms with Crippen LogP contribution in [0.2, 0.25) is 0 Å². The maximum atomic E-state index is 5.66. The summed E-state index contributed by atoms with van der Waals surface area (Å²) in [4.78, 5) is 4.01. The highest BCUT2D eigenvalue weighted by Gasteiger charge is 2.02. The number of hydrogen-bond donors (Lipinski definition) is 2. The van der Waals surface area contributed by atoms with E-state index in [1.807, 2.05) is 24.3 Å². The molecule has 0 unspecified atom stereocenters. The van der Waals surface area contributed by atoms with Crippen molar-refractivity contribution in [2.24, 2.45) is 0 Å². The van der Waals surface area contributed by atoms with Crippen LogP contribution in [-0.4, -0.2) is 12.1 Å². The summed E-state index contributed by atoms with van der Waals surface area (Å²) in [5.74, 6) is 0.793. The maximum absolute atomic E-state index is 5.66. The molecule has 3 N–H and O–H groups in total. The molecule has 1 heterocycles. The van der Waals surface area contributed by atoms with Gasteiger partial charge < -0.3 is 15.8 Å². The number of aromatic nitrogens is 1. The van der Waals surface area contributed by atoms with E-state index in [-0.39, 0.29) is 0 Å². The molecule has 0 amide bonds. The summed E-state index contributed by atoms with van der Waals surface area (Å²) in [5, 5.41) is 3.21. The number of hydrogen-bond acceptors (Lipinski definition) is 4. The molecule has 0 fully saturated rings. The number of nitrogens with zero attached hydrogens (tertiary/aromatic N) is 1. The Morgan fingerprint density at radius 1 is 1.24 bits per heavy atom. The van der Waals surface area contributed by atoms with Crippen LogP contribution in [-0.2, 0) is 0 Å². The fourth-order valence-electron chi connectivity index (χ4n) is 1.44. The zero-order valence-corrected chi connectivity index (χ0v) is 10.9. The number of pyridine rings is 1. The summed E-state index contributed by atoms with van der Waals surface area (Å²) in [5.41, 5.74) is 8.07. The van der Waals surface area contributed by atoms with Gasteiger partial charge in [-0.2, -0.15) is 0 Å². The van der Waals surface area contributed by atoms with Crippen molar-refractivity contribution >= 4 is 33.0 Å². The molecule has 0 aliphatic heterocycles. The third-order valence-electron chi connectivity index (χ3n) is 2.20. The van der Waals surface area contributed by atoms with Gasteiger partial charge in [0.1, 0.15) is 5.75 Å². The van der Waals surface area contributed by atoms with E-state index in [1.165, 1.54) is 0 Å². The van der Waals surface area contributed by atoms with Gasteiger partial charge in [0.15, 0.2) is 0 Å². The van der Waals surface area contributed by atoms with E-state index < -0.39 is 0 Å². The second kappa shape index (κ2) is 5.05. The average molecular weight is 294 g/mol. The lowest BCUT2D eigenvalue weighted by Gasteiger charge is -2.09. The lowest BCUT2D eigenvalue weighted by molar-refractivity contribution is 0.412. The summed E-state index contributed by atoms with van der Waals surface area (Å²) in [7, 11) is 1.63. The van der Waals surface area contributed by atoms with Gasteiger partial charge in [0, 0.05) is 11.9 Å². The first-order chi connectivity index (χ1) is 8.19. The molecule has 0 saturated heterocycles. The van der Waals surface area contributed by atoms with Crippen molar-refractivity contribution in [3.05, 3.63) is 41.1 Å². The molecule has 0 spiro atoms. The fraction of sp³-hybridized carbons (Fsp3) is 0.0833. The van der Waals surface area contributed by atoms with Crippen molar-refractivity contribution in [1.29, 1.82) is 0 Å². The first kappa shape index (κ1) is 11.7. The summed E-state index contributed by atoms with van der Waals surface area (Å²) < 4.78 is 6.05. The molecule has 1 aromatic heterocycles. The minimum atomic E-state index is 0.627. The van der Waals surface area contributed by atoms with Gasteiger partial charge in [-0.25, -0.2) is 0 Å². The Morgan fingerprint density at radius 2 is 2.06 bits per heavy atom. The Kier molecular flexibility index (Phi) is 3.49. The minimum absolute atomic E-state index is 0.627. The van der Waals surface area contributed by atoms with E-state index >= 15 is 0 Å². The predicted molar refractivity (Wildman–Crippen MR) is 72.6 cm³/mol. The van der Waals surface area contributed by atoms with E-state index in [4.69, 9.17) is 10.5 Å². The van der Waals surface area contributed by atoms with E-state index in [0.717, 1.165) is 21.6 Å². The summed E-state index contributed by atoms with van der Waals surface area (Å²) in [6, 6.07) is 7.56. The topological polar surface area (TPSA) is 60.2 Å². The number of ether oxygens (including phenoxy) is 1. The average Bonchev–Trinajstić information content (AvgIpc) is 2.29. The second-order valence-corrected chi connectivity index (χ2v) is 4.34. The smallest absolute Gasteiger partial charge is 0.133 e. The van der Waals surface area contributed by atoms with Gasteiger partial charge in [-0.15, -0.1) is 0 Å². The first-order valence-electron chi connectivity index (χ1n) is 5.00. The second-order valence-electron chi connectivity index (χ2n) is 3.48. The number of benzene rings is 1. The van der Waals surface area contributed by atoms with Gasteiger partial charge in [-0.1, -0.05) is 0 Å². The Labute approximate surface area is 108 Å². The van der Waals surface area contributed by atoms with Crippen LogP contribution in [0.3, 0.4) is 0 Å². The molecule has 0 radical (unpaired) electrons. The molecule has 0 bridgehead atoms. The van der Waals surface area contributed by atoms with Crippen molar-refractivity contribution in [3.8, 4) is 5.75 Å². The lowest BCUT2D eigenvalue weighted by Crippen LogP contribution is -1.94. The third-order valence-corrected chi connectivity index (χ3v) is 2.82. The highest BCUT2D eigenvalue weighted by molar-refractivity contribution is 9.10. The monoisotopic (exact) mass is 293 g/mol. The number of anilines is 3. The molecule has 0 aliphatic carbocycles. The van der Waals surface area contributed by atoms with Crippen LogP contribution >= 0.6 is 15.9 Å². The number of halogens is 1. The molecule has 2 aromatic rings. The van der Waals surface area contributed by atoms with Crippen LogP contribution in [0.25, 0.3) is 0 Å². The standard InChI is InChI=1S/C12H12BrN3O/c1-17-12-3-2-9(5-11(12)13)16-10-4-8(14)6-15-7-10/h2-7,16H,14H2,1H3. The zero-order chi connectivity index (χ0) is 12.3. The molecule has 5 heteroatoms. The maximum Gasteiger partial charge on any atom is 0.133 e. The number of nitrogens with one attached hydrogen (secondary N) is 1. The van der Waals surface area contributed by atoms with Gasteiger partial charge in [0.25, 0.3) is 0 Å². The SMILES string of the molecule is COc1ccc(Nc2cncc(N)c2)cc1Br. The Hall–Kier alpha value is -1.75. The lowest BCUT2D eigenvalue weighted by atomic mass is 10.3. The highest BCUT2D eigenvalue weighted by atomic mass is 79.9. The molecule has 0 atom stereocenters. The molecular formula is C12H12BrN3O. The zero-order valence-electron chi connectivity index (χ0n) is 9.27. The van der Waals surface area contributed by atoms with Gasteiger partial charge in [-0.3, -0.25) is 4.98 Å². The van der Waals surface area contributed by atoms with Gasteiger partial charge in [0.05, 0.1) is 29.2 Å². The first-order valence-corrected chi connectivity index (χ1v) is 5.79. The number of methoxy groups -OCH3 is 1. The summed E-state index contributed by atoms with van der Waals surface area (Å²) in [6.45, 7) is 0. The van der Waals surface area contributed by atoms with Crippen LogP contribution in [0.5, 0.6) is 5.75 Å². The minimum Gasteiger partial charge on any atom is -0.496 e. The van der Waals surface area contributed by atoms with Gasteiger partial charge in [-0.05, 0) is 40.2 Å². The van der Waals surface area contributed by atoms with Crippen LogP contribution in [0.15, 0.2) is 41.1 Å². The Bertz CT molecular complexity index is 531. The molecule has 88 valence electrons. The fourth-order valence-corrected chi connectivity index (χ4v) is 1.98. The van der Waals surface area contributed by atoms with E-state index in [9.17, 15) is 0 Å². The largest absolute Gasteiger partial charge is 0.496 e. The summed E-state index contributed by atoms with van der Waals surface area (Å²) in [6.07, 6.45) is 3.32. The van der Waals surface area contributed by atoms with E-state index in [0.29, 0.717) is 5.69 Å². The molecule has 4 nitrogen and oxygen atoms in total. The number of rotatable bonds is 3. The Balaban J connectivity index is 2.22. The Morgan fingerprint density at radius 3 is 2.71 bits per heavy atom. The van der Waals surface area contributed by atoms with Crippen molar-refractivity contribution < 1.29 is 4.74 Å². The normalized spacial score (nSPS) is 10.0. The van der Waals surface area contributed by atoms with Crippen molar-refractivity contribution in [2.45, 2.75) is 0 Å². The van der Waals surface area contributed by atoms with Crippen LogP contribution in [0.4, 0.5) is 17.1 Å². The summed E-state index contributed by atoms with van der Waals surface area (Å²) >= 11 is 3.43. The number of nitrogen functional groups attached to an aromatic ring is 1. The van der Waals surface area contributed by atoms with Crippen LogP contribution in [0, 0.1) is 0 Å². The van der Waals surface area contributed by atoms with Crippen molar-refractivity contribution in [2.75, 3.05) is 18.2 Å². The molecular weight excluding hydrogens is 282 g/mol. The highest BCUT2D eigenvalue weighted by Crippen LogP contribution is 2.29. The molecule has 0 aliphatic rings. The van der Waals surface area contributed by atoms with E-state index in [2.05, 4.69) is 26.2 Å². The van der Waals surface area contributed by atoms with Crippen molar-refractivity contribution in [1.82, 2.24) is 4.98 Å². The third kappa shape index (κ3) is 2.88. The number of nitrogens with two attached hydrogens (primary N) is 1. The predicted octanol–water partition coefficient (Wildman–Crippen LogP) is 3.18. The van der Waals surface area contributed by atoms with Gasteiger partial charge >= 0.3 is 0 Å². The molecule has 17 heavy (non-hydrogen) atoms. The van der Waals surface area contributed by atoms with Gasteiger partial charge in [0.2, 0.25) is 0 Å². The molecule has 2 rings (SSSR count).